The van der Waals surface area contributed by atoms with Gasteiger partial charge in [0, 0.05) is 12.2 Å². The molecule has 1 saturated heterocycles. The van der Waals surface area contributed by atoms with Crippen LogP contribution in [0.5, 0.6) is 0 Å². The largest absolute Gasteiger partial charge is 0.465 e. The lowest BCUT2D eigenvalue weighted by atomic mass is 9.96. The first-order valence-corrected chi connectivity index (χ1v) is 10.7. The molecule has 2 aromatic carbocycles. The highest BCUT2D eigenvalue weighted by Crippen LogP contribution is 2.23. The fraction of sp³-hybridized carbons (Fsp3) is 0.375. The van der Waals surface area contributed by atoms with Gasteiger partial charge in [-0.05, 0) is 75.2 Å². The number of para-hydroxylation sites is 2. The van der Waals surface area contributed by atoms with Crippen molar-refractivity contribution >= 4 is 28.6 Å². The molecule has 3 aromatic rings. The summed E-state index contributed by atoms with van der Waals surface area (Å²) in [4.78, 5) is 30.8. The number of nitrogens with zero attached hydrogens (tertiary/aromatic N) is 3. The van der Waals surface area contributed by atoms with Gasteiger partial charge in [0.15, 0.2) is 0 Å². The van der Waals surface area contributed by atoms with Gasteiger partial charge in [-0.2, -0.15) is 0 Å². The van der Waals surface area contributed by atoms with E-state index in [-0.39, 0.29) is 11.9 Å². The second-order valence-corrected chi connectivity index (χ2v) is 8.09. The van der Waals surface area contributed by atoms with Gasteiger partial charge in [0.05, 0.1) is 30.3 Å². The highest BCUT2D eigenvalue weighted by atomic mass is 16.5. The zero-order chi connectivity index (χ0) is 21.8. The minimum absolute atomic E-state index is 0.0410. The number of anilines is 1. The van der Waals surface area contributed by atoms with Crippen LogP contribution in [0, 0.1) is 12.8 Å². The second kappa shape index (κ2) is 9.31. The summed E-state index contributed by atoms with van der Waals surface area (Å²) in [5.41, 5.74) is 3.38. The Bertz CT molecular complexity index is 1070. The number of carbonyl (C=O) groups is 2. The molecule has 7 nitrogen and oxygen atoms in total. The number of fused-ring (bicyclic) bond motifs is 1. The number of piperidine rings is 1. The molecule has 1 aliphatic heterocycles. The summed E-state index contributed by atoms with van der Waals surface area (Å²) in [6.07, 6.45) is 2.13. The molecule has 0 atom stereocenters. The molecule has 4 rings (SSSR count). The molecule has 2 heterocycles. The molecular weight excluding hydrogens is 392 g/mol. The van der Waals surface area contributed by atoms with Crippen molar-refractivity contribution in [2.45, 2.75) is 26.3 Å². The Kier molecular flexibility index (Phi) is 6.32. The third-order valence-corrected chi connectivity index (χ3v) is 5.95. The summed E-state index contributed by atoms with van der Waals surface area (Å²) in [5, 5.41) is 2.90. The molecule has 7 heteroatoms. The number of benzene rings is 2. The number of aromatic nitrogens is 2. The zero-order valence-corrected chi connectivity index (χ0v) is 18.0. The maximum atomic E-state index is 12.4. The molecule has 162 valence electrons. The average molecular weight is 421 g/mol. The van der Waals surface area contributed by atoms with Crippen LogP contribution in [0.15, 0.2) is 48.5 Å². The first-order chi connectivity index (χ1) is 15.0. The topological polar surface area (TPSA) is 76.5 Å². The Labute approximate surface area is 182 Å². The molecule has 0 radical (unpaired) electrons. The Hall–Kier alpha value is -3.19. The molecule has 0 spiro atoms. The molecular formula is C24H28N4O3. The van der Waals surface area contributed by atoms with Crippen molar-refractivity contribution in [3.8, 4) is 0 Å². The molecule has 1 amide bonds. The molecule has 1 aromatic heterocycles. The van der Waals surface area contributed by atoms with E-state index in [1.54, 1.807) is 24.3 Å². The molecule has 0 bridgehead atoms. The van der Waals surface area contributed by atoms with E-state index in [9.17, 15) is 9.59 Å². The quantitative estimate of drug-likeness (QED) is 0.618. The van der Waals surface area contributed by atoms with Crippen molar-refractivity contribution in [2.75, 3.05) is 32.1 Å². The number of methoxy groups -OCH3 is 1. The van der Waals surface area contributed by atoms with Crippen LogP contribution in [0.25, 0.3) is 11.0 Å². The van der Waals surface area contributed by atoms with E-state index < -0.39 is 0 Å². The summed E-state index contributed by atoms with van der Waals surface area (Å²) in [6.45, 7) is 5.23. The highest BCUT2D eigenvalue weighted by molar-refractivity contribution is 5.94. The first kappa shape index (κ1) is 21.1. The van der Waals surface area contributed by atoms with E-state index in [1.165, 1.54) is 12.6 Å². The number of hydrogen-bond acceptors (Lipinski definition) is 5. The van der Waals surface area contributed by atoms with Crippen LogP contribution < -0.4 is 5.32 Å². The van der Waals surface area contributed by atoms with Gasteiger partial charge in [0.1, 0.15) is 5.82 Å². The lowest BCUT2D eigenvalue weighted by Gasteiger charge is -2.31. The van der Waals surface area contributed by atoms with E-state index in [0.717, 1.165) is 43.8 Å². The van der Waals surface area contributed by atoms with Crippen LogP contribution in [-0.4, -0.2) is 53.1 Å². The van der Waals surface area contributed by atoms with Gasteiger partial charge in [0.25, 0.3) is 0 Å². The number of hydrogen-bond donors (Lipinski definition) is 1. The van der Waals surface area contributed by atoms with Crippen molar-refractivity contribution in [2.24, 2.45) is 5.92 Å². The zero-order valence-electron chi connectivity index (χ0n) is 18.0. The fourth-order valence-corrected chi connectivity index (χ4v) is 4.22. The molecule has 0 saturated carbocycles. The monoisotopic (exact) mass is 420 g/mol. The molecule has 31 heavy (non-hydrogen) atoms. The van der Waals surface area contributed by atoms with Gasteiger partial charge in [-0.15, -0.1) is 0 Å². The lowest BCUT2D eigenvalue weighted by Crippen LogP contribution is -2.40. The Balaban J connectivity index is 1.26. The maximum absolute atomic E-state index is 12.4. The molecule has 1 aliphatic rings. The molecule has 1 fully saturated rings. The standard InChI is InChI=1S/C24H28N4O3/c1-17-25-21-5-3-4-6-22(21)28(17)15-18-11-13-27(14-12-18)16-23(29)26-20-9-7-19(8-10-20)24(30)31-2/h3-10,18H,11-16H2,1-2H3,(H,26,29). The van der Waals surface area contributed by atoms with Crippen LogP contribution in [0.1, 0.15) is 29.0 Å². The van der Waals surface area contributed by atoms with Crippen molar-refractivity contribution < 1.29 is 14.3 Å². The van der Waals surface area contributed by atoms with Gasteiger partial charge >= 0.3 is 5.97 Å². The summed E-state index contributed by atoms with van der Waals surface area (Å²) in [7, 11) is 1.35. The number of likely N-dealkylation sites (tertiary alicyclic amines) is 1. The number of aryl methyl sites for hydroxylation is 1. The van der Waals surface area contributed by atoms with Crippen molar-refractivity contribution in [3.05, 3.63) is 59.9 Å². The van der Waals surface area contributed by atoms with E-state index in [2.05, 4.69) is 49.6 Å². The number of rotatable bonds is 6. The van der Waals surface area contributed by atoms with Crippen LogP contribution in [0.4, 0.5) is 5.69 Å². The Morgan fingerprint density at radius 3 is 2.52 bits per heavy atom. The number of imidazole rings is 1. The number of nitrogens with one attached hydrogen (secondary N) is 1. The average Bonchev–Trinajstić information content (AvgIpc) is 3.10. The van der Waals surface area contributed by atoms with Gasteiger partial charge in [0.2, 0.25) is 5.91 Å². The van der Waals surface area contributed by atoms with Crippen LogP contribution in [-0.2, 0) is 16.1 Å². The van der Waals surface area contributed by atoms with E-state index in [4.69, 9.17) is 0 Å². The summed E-state index contributed by atoms with van der Waals surface area (Å²) >= 11 is 0. The van der Waals surface area contributed by atoms with E-state index >= 15 is 0 Å². The SMILES string of the molecule is COC(=O)c1ccc(NC(=O)CN2CCC(Cn3c(C)nc4ccccc43)CC2)cc1. The first-order valence-electron chi connectivity index (χ1n) is 10.7. The molecule has 1 N–H and O–H groups in total. The van der Waals surface area contributed by atoms with Gasteiger partial charge in [-0.1, -0.05) is 12.1 Å². The smallest absolute Gasteiger partial charge is 0.337 e. The van der Waals surface area contributed by atoms with Crippen LogP contribution >= 0.6 is 0 Å². The lowest BCUT2D eigenvalue weighted by molar-refractivity contribution is -0.117. The number of esters is 1. The normalized spacial score (nSPS) is 15.2. The van der Waals surface area contributed by atoms with Gasteiger partial charge in [-0.25, -0.2) is 9.78 Å². The summed E-state index contributed by atoms with van der Waals surface area (Å²) in [6, 6.07) is 15.0. The Morgan fingerprint density at radius 2 is 1.81 bits per heavy atom. The molecule has 0 unspecified atom stereocenters. The number of ether oxygens (including phenoxy) is 1. The van der Waals surface area contributed by atoms with Crippen LogP contribution in [0.2, 0.25) is 0 Å². The predicted molar refractivity (Wildman–Crippen MR) is 120 cm³/mol. The van der Waals surface area contributed by atoms with Crippen LogP contribution in [0.3, 0.4) is 0 Å². The third-order valence-electron chi connectivity index (χ3n) is 5.95. The highest BCUT2D eigenvalue weighted by Gasteiger charge is 2.22. The minimum Gasteiger partial charge on any atom is -0.465 e. The minimum atomic E-state index is -0.389. The van der Waals surface area contributed by atoms with E-state index in [1.807, 2.05) is 6.07 Å². The predicted octanol–water partition coefficient (Wildman–Crippen LogP) is 3.48. The summed E-state index contributed by atoms with van der Waals surface area (Å²) in [5.74, 6) is 1.21. The van der Waals surface area contributed by atoms with Crippen molar-refractivity contribution in [1.82, 2.24) is 14.5 Å². The summed E-state index contributed by atoms with van der Waals surface area (Å²) < 4.78 is 7.01. The maximum Gasteiger partial charge on any atom is 0.337 e. The number of amides is 1. The van der Waals surface area contributed by atoms with Crippen molar-refractivity contribution in [1.29, 1.82) is 0 Å². The van der Waals surface area contributed by atoms with Crippen molar-refractivity contribution in [3.63, 3.8) is 0 Å². The molecule has 0 aliphatic carbocycles. The number of carbonyl (C=O) groups excluding carboxylic acids is 2. The van der Waals surface area contributed by atoms with Gasteiger partial charge in [-0.3, -0.25) is 9.69 Å². The Morgan fingerprint density at radius 1 is 1.10 bits per heavy atom. The fourth-order valence-electron chi connectivity index (χ4n) is 4.22. The second-order valence-electron chi connectivity index (χ2n) is 8.09. The third kappa shape index (κ3) is 4.94. The van der Waals surface area contributed by atoms with Gasteiger partial charge < -0.3 is 14.6 Å². The van der Waals surface area contributed by atoms with E-state index in [0.29, 0.717) is 23.7 Å².